The summed E-state index contributed by atoms with van der Waals surface area (Å²) in [6, 6.07) is 11.3. The third-order valence-corrected chi connectivity index (χ3v) is 4.81. The molecule has 0 radical (unpaired) electrons. The lowest BCUT2D eigenvalue weighted by atomic mass is 10.2. The molecule has 3 rings (SSSR count). The molecule has 1 aromatic carbocycles. The minimum Gasteiger partial charge on any atom is -0.494 e. The summed E-state index contributed by atoms with van der Waals surface area (Å²) < 4.78 is 5.45. The molecule has 27 heavy (non-hydrogen) atoms. The number of piperazine rings is 1. The second-order valence-electron chi connectivity index (χ2n) is 6.59. The van der Waals surface area contributed by atoms with Crippen molar-refractivity contribution in [1.82, 2.24) is 15.2 Å². The van der Waals surface area contributed by atoms with Gasteiger partial charge in [0.25, 0.3) is 5.91 Å². The Morgan fingerprint density at radius 2 is 1.96 bits per heavy atom. The maximum Gasteiger partial charge on any atom is 0.251 e. The average molecular weight is 368 g/mol. The van der Waals surface area contributed by atoms with Gasteiger partial charge in [-0.05, 0) is 43.3 Å². The van der Waals surface area contributed by atoms with Gasteiger partial charge in [0.2, 0.25) is 0 Å². The maximum absolute atomic E-state index is 12.3. The predicted molar refractivity (Wildman–Crippen MR) is 107 cm³/mol. The van der Waals surface area contributed by atoms with E-state index in [1.54, 1.807) is 12.1 Å². The summed E-state index contributed by atoms with van der Waals surface area (Å²) in [6.07, 6.45) is 1.85. The number of nitrogens with zero attached hydrogens (tertiary/aromatic N) is 3. The smallest absolute Gasteiger partial charge is 0.251 e. The SMILES string of the molecule is CCOc1cccc(C(=O)NCc2ccc(N3CCN(CC)CC3)nc2)c1. The van der Waals surface area contributed by atoms with E-state index in [0.29, 0.717) is 24.5 Å². The number of pyridine rings is 1. The molecule has 2 aromatic rings. The summed E-state index contributed by atoms with van der Waals surface area (Å²) in [4.78, 5) is 21.7. The molecular formula is C21H28N4O2. The zero-order valence-corrected chi connectivity index (χ0v) is 16.1. The molecule has 0 bridgehead atoms. The van der Waals surface area contributed by atoms with Crippen LogP contribution in [0.25, 0.3) is 0 Å². The van der Waals surface area contributed by atoms with E-state index in [-0.39, 0.29) is 5.91 Å². The molecule has 1 amide bonds. The zero-order valence-electron chi connectivity index (χ0n) is 16.1. The maximum atomic E-state index is 12.3. The topological polar surface area (TPSA) is 57.7 Å². The Morgan fingerprint density at radius 3 is 2.63 bits per heavy atom. The molecule has 1 fully saturated rings. The van der Waals surface area contributed by atoms with Crippen LogP contribution in [0.3, 0.4) is 0 Å². The van der Waals surface area contributed by atoms with Gasteiger partial charge < -0.3 is 19.9 Å². The van der Waals surface area contributed by atoms with Crippen molar-refractivity contribution in [2.75, 3.05) is 44.2 Å². The standard InChI is InChI=1S/C21H28N4O2/c1-3-24-10-12-25(13-11-24)20-9-8-17(15-22-20)16-23-21(26)18-6-5-7-19(14-18)27-4-2/h5-9,14-15H,3-4,10-13,16H2,1-2H3,(H,23,26). The molecule has 0 unspecified atom stereocenters. The summed E-state index contributed by atoms with van der Waals surface area (Å²) in [7, 11) is 0. The van der Waals surface area contributed by atoms with Gasteiger partial charge in [0.05, 0.1) is 6.61 Å². The van der Waals surface area contributed by atoms with E-state index in [2.05, 4.69) is 27.0 Å². The second-order valence-corrected chi connectivity index (χ2v) is 6.59. The first-order valence-corrected chi connectivity index (χ1v) is 9.63. The number of rotatable bonds is 7. The van der Waals surface area contributed by atoms with E-state index in [9.17, 15) is 4.79 Å². The van der Waals surface area contributed by atoms with Crippen molar-refractivity contribution in [2.45, 2.75) is 20.4 Å². The van der Waals surface area contributed by atoms with Crippen molar-refractivity contribution in [3.05, 3.63) is 53.7 Å². The first-order chi connectivity index (χ1) is 13.2. The van der Waals surface area contributed by atoms with Crippen LogP contribution in [0.5, 0.6) is 5.75 Å². The molecule has 1 saturated heterocycles. The molecule has 0 atom stereocenters. The number of nitrogens with one attached hydrogen (secondary N) is 1. The fourth-order valence-corrected chi connectivity index (χ4v) is 3.18. The molecule has 0 spiro atoms. The Labute approximate surface area is 161 Å². The number of hydrogen-bond acceptors (Lipinski definition) is 5. The van der Waals surface area contributed by atoms with Crippen LogP contribution in [0.2, 0.25) is 0 Å². The van der Waals surface area contributed by atoms with Crippen LogP contribution in [0, 0.1) is 0 Å². The number of benzene rings is 1. The van der Waals surface area contributed by atoms with Gasteiger partial charge in [0, 0.05) is 44.5 Å². The minimum absolute atomic E-state index is 0.115. The Balaban J connectivity index is 1.53. The monoisotopic (exact) mass is 368 g/mol. The predicted octanol–water partition coefficient (Wildman–Crippen LogP) is 2.55. The molecular weight excluding hydrogens is 340 g/mol. The number of ether oxygens (including phenoxy) is 1. The van der Waals surface area contributed by atoms with Crippen LogP contribution in [0.15, 0.2) is 42.6 Å². The average Bonchev–Trinajstić information content (AvgIpc) is 2.73. The molecule has 2 heterocycles. The lowest BCUT2D eigenvalue weighted by molar-refractivity contribution is 0.0950. The van der Waals surface area contributed by atoms with E-state index < -0.39 is 0 Å². The van der Waals surface area contributed by atoms with Crippen molar-refractivity contribution in [3.63, 3.8) is 0 Å². The lowest BCUT2D eigenvalue weighted by Crippen LogP contribution is -2.46. The summed E-state index contributed by atoms with van der Waals surface area (Å²) >= 11 is 0. The van der Waals surface area contributed by atoms with Crippen LogP contribution < -0.4 is 15.0 Å². The highest BCUT2D eigenvalue weighted by molar-refractivity contribution is 5.94. The minimum atomic E-state index is -0.115. The van der Waals surface area contributed by atoms with Crippen LogP contribution in [-0.2, 0) is 6.54 Å². The van der Waals surface area contributed by atoms with Gasteiger partial charge >= 0.3 is 0 Å². The Bertz CT molecular complexity index is 740. The summed E-state index contributed by atoms with van der Waals surface area (Å²) in [5.41, 5.74) is 1.58. The molecule has 144 valence electrons. The largest absolute Gasteiger partial charge is 0.494 e. The van der Waals surface area contributed by atoms with Crippen molar-refractivity contribution < 1.29 is 9.53 Å². The number of anilines is 1. The fraction of sp³-hybridized carbons (Fsp3) is 0.429. The first-order valence-electron chi connectivity index (χ1n) is 9.63. The summed E-state index contributed by atoms with van der Waals surface area (Å²) in [5.74, 6) is 1.60. The highest BCUT2D eigenvalue weighted by Gasteiger charge is 2.16. The summed E-state index contributed by atoms with van der Waals surface area (Å²) in [6.45, 7) is 10.4. The van der Waals surface area contributed by atoms with E-state index >= 15 is 0 Å². The molecule has 6 heteroatoms. The molecule has 1 aromatic heterocycles. The molecule has 1 aliphatic rings. The third kappa shape index (κ3) is 5.20. The number of carbonyl (C=O) groups is 1. The molecule has 6 nitrogen and oxygen atoms in total. The van der Waals surface area contributed by atoms with Gasteiger partial charge in [-0.15, -0.1) is 0 Å². The number of aromatic nitrogens is 1. The van der Waals surface area contributed by atoms with Crippen molar-refractivity contribution >= 4 is 11.7 Å². The van der Waals surface area contributed by atoms with Crippen LogP contribution in [0.1, 0.15) is 29.8 Å². The van der Waals surface area contributed by atoms with Crippen molar-refractivity contribution in [3.8, 4) is 5.75 Å². The van der Waals surface area contributed by atoms with Gasteiger partial charge in [0.1, 0.15) is 11.6 Å². The van der Waals surface area contributed by atoms with Gasteiger partial charge in [-0.25, -0.2) is 4.98 Å². The van der Waals surface area contributed by atoms with Gasteiger partial charge in [0.15, 0.2) is 0 Å². The molecule has 1 aliphatic heterocycles. The summed E-state index contributed by atoms with van der Waals surface area (Å²) in [5, 5.41) is 2.94. The number of carbonyl (C=O) groups excluding carboxylic acids is 1. The molecule has 0 saturated carbocycles. The van der Waals surface area contributed by atoms with Gasteiger partial charge in [-0.1, -0.05) is 19.1 Å². The second kappa shape index (κ2) is 9.37. The van der Waals surface area contributed by atoms with Crippen LogP contribution >= 0.6 is 0 Å². The normalized spacial score (nSPS) is 14.8. The van der Waals surface area contributed by atoms with E-state index in [1.807, 2.05) is 37.4 Å². The number of likely N-dealkylation sites (N-methyl/N-ethyl adjacent to an activating group) is 1. The molecule has 0 aliphatic carbocycles. The highest BCUT2D eigenvalue weighted by Crippen LogP contribution is 2.15. The van der Waals surface area contributed by atoms with Crippen LogP contribution in [-0.4, -0.2) is 55.1 Å². The first kappa shape index (κ1) is 19.2. The van der Waals surface area contributed by atoms with Crippen LogP contribution in [0.4, 0.5) is 5.82 Å². The number of amides is 1. The Hall–Kier alpha value is -2.60. The quantitative estimate of drug-likeness (QED) is 0.814. The fourth-order valence-electron chi connectivity index (χ4n) is 3.18. The Kier molecular flexibility index (Phi) is 6.65. The number of hydrogen-bond donors (Lipinski definition) is 1. The lowest BCUT2D eigenvalue weighted by Gasteiger charge is -2.34. The van der Waals surface area contributed by atoms with E-state index in [4.69, 9.17) is 4.74 Å². The van der Waals surface area contributed by atoms with Crippen molar-refractivity contribution in [1.29, 1.82) is 0 Å². The van der Waals surface area contributed by atoms with Gasteiger partial charge in [-0.3, -0.25) is 4.79 Å². The van der Waals surface area contributed by atoms with Crippen molar-refractivity contribution in [2.24, 2.45) is 0 Å². The highest BCUT2D eigenvalue weighted by atomic mass is 16.5. The van der Waals surface area contributed by atoms with Gasteiger partial charge in [-0.2, -0.15) is 0 Å². The zero-order chi connectivity index (χ0) is 19.1. The van der Waals surface area contributed by atoms with E-state index in [0.717, 1.165) is 44.1 Å². The van der Waals surface area contributed by atoms with E-state index in [1.165, 1.54) is 0 Å². The molecule has 1 N–H and O–H groups in total. The Morgan fingerprint density at radius 1 is 1.15 bits per heavy atom. The third-order valence-electron chi connectivity index (χ3n) is 4.81.